The highest BCUT2D eigenvalue weighted by atomic mass is 35.5. The molecule has 0 aliphatic heterocycles. The van der Waals surface area contributed by atoms with Crippen LogP contribution in [0.4, 0.5) is 0 Å². The molecule has 0 aliphatic rings. The number of aryl methyl sites for hydroxylation is 1. The predicted octanol–water partition coefficient (Wildman–Crippen LogP) is 3.31. The zero-order valence-corrected chi connectivity index (χ0v) is 11.5. The van der Waals surface area contributed by atoms with E-state index in [1.54, 1.807) is 13.0 Å². The number of para-hydroxylation sites is 1. The smallest absolute Gasteiger partial charge is 0.307 e. The Hall–Kier alpha value is -1.33. The molecule has 18 heavy (non-hydrogen) atoms. The minimum Gasteiger partial charge on any atom is -0.466 e. The first-order valence-electron chi connectivity index (χ1n) is 5.66. The summed E-state index contributed by atoms with van der Waals surface area (Å²) in [5.41, 5.74) is 1.70. The molecule has 0 atom stereocenters. The van der Waals surface area contributed by atoms with Crippen LogP contribution in [0.15, 0.2) is 18.2 Å². The fourth-order valence-electron chi connectivity index (χ4n) is 1.82. The topological polar surface area (TPSA) is 47.0 Å². The summed E-state index contributed by atoms with van der Waals surface area (Å²) in [6.45, 7) is 2.63. The van der Waals surface area contributed by atoms with Gasteiger partial charge in [0.05, 0.1) is 29.1 Å². The summed E-state index contributed by atoms with van der Waals surface area (Å²) in [4.78, 5) is 14.4. The lowest BCUT2D eigenvalue weighted by atomic mass is 10.3. The molecule has 0 aliphatic carbocycles. The van der Waals surface area contributed by atoms with Crippen LogP contribution in [0.5, 0.6) is 0 Å². The maximum atomic E-state index is 11.4. The highest BCUT2D eigenvalue weighted by molar-refractivity contribution is 7.71. The van der Waals surface area contributed by atoms with E-state index >= 15 is 0 Å². The molecule has 96 valence electrons. The number of nitrogens with one attached hydrogen (secondary N) is 1. The normalized spacial score (nSPS) is 10.8. The molecular weight excluding hydrogens is 272 g/mol. The molecule has 1 N–H and O–H groups in total. The number of benzene rings is 1. The Bertz CT molecular complexity index is 633. The minimum atomic E-state index is -0.235. The number of imidazole rings is 1. The van der Waals surface area contributed by atoms with Crippen LogP contribution < -0.4 is 0 Å². The summed E-state index contributed by atoms with van der Waals surface area (Å²) in [7, 11) is 0. The van der Waals surface area contributed by atoms with Crippen LogP contribution in [0.1, 0.15) is 13.3 Å². The summed E-state index contributed by atoms with van der Waals surface area (Å²) in [6, 6.07) is 5.55. The second kappa shape index (κ2) is 5.54. The van der Waals surface area contributed by atoms with Gasteiger partial charge in [0.1, 0.15) is 0 Å². The third kappa shape index (κ3) is 2.57. The predicted molar refractivity (Wildman–Crippen MR) is 73.4 cm³/mol. The van der Waals surface area contributed by atoms with Crippen LogP contribution in [0, 0.1) is 4.77 Å². The molecule has 4 nitrogen and oxygen atoms in total. The average Bonchev–Trinajstić information content (AvgIpc) is 2.64. The number of carbonyl (C=O) groups excluding carboxylic acids is 1. The number of aromatic nitrogens is 2. The first-order chi connectivity index (χ1) is 8.63. The van der Waals surface area contributed by atoms with Crippen molar-refractivity contribution < 1.29 is 9.53 Å². The molecule has 0 saturated carbocycles. The Morgan fingerprint density at radius 1 is 1.56 bits per heavy atom. The Labute approximate surface area is 115 Å². The molecular formula is C12H13ClN2O2S. The number of aromatic amines is 1. The number of carbonyl (C=O) groups is 1. The van der Waals surface area contributed by atoms with Gasteiger partial charge in [0.15, 0.2) is 4.77 Å². The molecule has 0 bridgehead atoms. The van der Waals surface area contributed by atoms with Gasteiger partial charge in [-0.3, -0.25) is 4.79 Å². The molecule has 1 aromatic carbocycles. The average molecular weight is 285 g/mol. The van der Waals surface area contributed by atoms with E-state index in [4.69, 9.17) is 28.6 Å². The van der Waals surface area contributed by atoms with Crippen LogP contribution in [-0.4, -0.2) is 22.1 Å². The van der Waals surface area contributed by atoms with Gasteiger partial charge < -0.3 is 14.3 Å². The molecule has 0 saturated heterocycles. The van der Waals surface area contributed by atoms with Gasteiger partial charge in [0.25, 0.3) is 0 Å². The quantitative estimate of drug-likeness (QED) is 0.692. The van der Waals surface area contributed by atoms with E-state index in [1.807, 2.05) is 16.7 Å². The Morgan fingerprint density at radius 3 is 3.06 bits per heavy atom. The highest BCUT2D eigenvalue weighted by Gasteiger charge is 2.09. The van der Waals surface area contributed by atoms with Crippen molar-refractivity contribution in [1.82, 2.24) is 9.55 Å². The van der Waals surface area contributed by atoms with Crippen LogP contribution in [0.2, 0.25) is 5.02 Å². The van der Waals surface area contributed by atoms with Gasteiger partial charge in [-0.1, -0.05) is 17.7 Å². The van der Waals surface area contributed by atoms with E-state index in [-0.39, 0.29) is 12.4 Å². The molecule has 0 spiro atoms. The lowest BCUT2D eigenvalue weighted by molar-refractivity contribution is -0.143. The Balaban J connectivity index is 2.30. The second-order valence-electron chi connectivity index (χ2n) is 3.77. The lowest BCUT2D eigenvalue weighted by Crippen LogP contribution is -2.09. The van der Waals surface area contributed by atoms with Crippen molar-refractivity contribution in [1.29, 1.82) is 0 Å². The third-order valence-electron chi connectivity index (χ3n) is 2.59. The van der Waals surface area contributed by atoms with Crippen molar-refractivity contribution in [3.8, 4) is 0 Å². The van der Waals surface area contributed by atoms with E-state index in [0.717, 1.165) is 11.0 Å². The molecule has 0 amide bonds. The van der Waals surface area contributed by atoms with Gasteiger partial charge in [0, 0.05) is 6.54 Å². The third-order valence-corrected chi connectivity index (χ3v) is 3.22. The number of nitrogens with zero attached hydrogens (tertiary/aromatic N) is 1. The van der Waals surface area contributed by atoms with Crippen LogP contribution >= 0.6 is 23.8 Å². The van der Waals surface area contributed by atoms with Crippen LogP contribution in [0.25, 0.3) is 11.0 Å². The van der Waals surface area contributed by atoms with Gasteiger partial charge in [-0.05, 0) is 31.3 Å². The molecule has 2 aromatic rings. The van der Waals surface area contributed by atoms with Gasteiger partial charge in [0.2, 0.25) is 0 Å². The summed E-state index contributed by atoms with van der Waals surface area (Å²) in [6.07, 6.45) is 0.278. The number of rotatable bonds is 4. The fraction of sp³-hybridized carbons (Fsp3) is 0.333. The van der Waals surface area contributed by atoms with Crippen molar-refractivity contribution in [2.75, 3.05) is 6.61 Å². The standard InChI is InChI=1S/C12H13ClN2O2S/c1-2-17-10(16)6-7-15-11-8(13)4-3-5-9(11)14-12(15)18/h3-5H,2,6-7H2,1H3,(H,14,18). The maximum absolute atomic E-state index is 11.4. The lowest BCUT2D eigenvalue weighted by Gasteiger charge is -2.05. The molecule has 2 rings (SSSR count). The van der Waals surface area contributed by atoms with E-state index in [2.05, 4.69) is 4.98 Å². The van der Waals surface area contributed by atoms with Crippen molar-refractivity contribution in [3.05, 3.63) is 28.0 Å². The van der Waals surface area contributed by atoms with Crippen molar-refractivity contribution in [2.24, 2.45) is 0 Å². The summed E-state index contributed by atoms with van der Waals surface area (Å²) >= 11 is 11.4. The first-order valence-corrected chi connectivity index (χ1v) is 6.44. The number of H-pyrrole nitrogens is 1. The van der Waals surface area contributed by atoms with Crippen molar-refractivity contribution >= 4 is 40.8 Å². The van der Waals surface area contributed by atoms with Gasteiger partial charge >= 0.3 is 5.97 Å². The zero-order chi connectivity index (χ0) is 13.1. The van der Waals surface area contributed by atoms with Crippen molar-refractivity contribution in [3.63, 3.8) is 0 Å². The van der Waals surface area contributed by atoms with Gasteiger partial charge in [-0.15, -0.1) is 0 Å². The maximum Gasteiger partial charge on any atom is 0.307 e. The molecule has 1 aromatic heterocycles. The fourth-order valence-corrected chi connectivity index (χ4v) is 2.39. The number of fused-ring (bicyclic) bond motifs is 1. The summed E-state index contributed by atoms with van der Waals surface area (Å²) in [5, 5.41) is 0.615. The second-order valence-corrected chi connectivity index (χ2v) is 4.57. The van der Waals surface area contributed by atoms with Gasteiger partial charge in [-0.2, -0.15) is 0 Å². The number of ether oxygens (including phenoxy) is 1. The monoisotopic (exact) mass is 284 g/mol. The molecule has 0 unspecified atom stereocenters. The Kier molecular flexibility index (Phi) is 4.04. The summed E-state index contributed by atoms with van der Waals surface area (Å²) < 4.78 is 7.27. The van der Waals surface area contributed by atoms with Crippen LogP contribution in [0.3, 0.4) is 0 Å². The van der Waals surface area contributed by atoms with Crippen LogP contribution in [-0.2, 0) is 16.1 Å². The van der Waals surface area contributed by atoms with Crippen molar-refractivity contribution in [2.45, 2.75) is 19.9 Å². The van der Waals surface area contributed by atoms with E-state index in [9.17, 15) is 4.79 Å². The SMILES string of the molecule is CCOC(=O)CCn1c(=S)[nH]c2cccc(Cl)c21. The number of esters is 1. The van der Waals surface area contributed by atoms with E-state index < -0.39 is 0 Å². The van der Waals surface area contributed by atoms with Gasteiger partial charge in [-0.25, -0.2) is 0 Å². The van der Waals surface area contributed by atoms with E-state index in [0.29, 0.717) is 22.9 Å². The zero-order valence-electron chi connectivity index (χ0n) is 9.90. The number of halogens is 1. The highest BCUT2D eigenvalue weighted by Crippen LogP contribution is 2.23. The largest absolute Gasteiger partial charge is 0.466 e. The molecule has 0 radical (unpaired) electrons. The minimum absolute atomic E-state index is 0.235. The molecule has 0 fully saturated rings. The number of hydrogen-bond acceptors (Lipinski definition) is 3. The molecule has 1 heterocycles. The molecule has 6 heteroatoms. The Morgan fingerprint density at radius 2 is 2.33 bits per heavy atom. The first kappa shape index (κ1) is 13.1. The summed E-state index contributed by atoms with van der Waals surface area (Å²) in [5.74, 6) is -0.235. The van der Waals surface area contributed by atoms with E-state index in [1.165, 1.54) is 0 Å². The number of hydrogen-bond donors (Lipinski definition) is 1.